The number of rotatable bonds is 2. The molecule has 0 spiro atoms. The molecule has 0 rings (SSSR count). The van der Waals surface area contributed by atoms with E-state index in [0.717, 1.165) is 0 Å². The van der Waals surface area contributed by atoms with Crippen LogP contribution in [0.4, 0.5) is 13.2 Å². The van der Waals surface area contributed by atoms with Crippen molar-refractivity contribution >= 4 is 19.2 Å². The van der Waals surface area contributed by atoms with Crippen molar-refractivity contribution in [3.8, 4) is 0 Å². The van der Waals surface area contributed by atoms with Crippen LogP contribution in [0.2, 0.25) is 13.1 Å². The van der Waals surface area contributed by atoms with Crippen molar-refractivity contribution in [1.82, 2.24) is 0 Å². The largest absolute Gasteiger partial charge is 0.522 e. The molecule has 0 aliphatic rings. The summed E-state index contributed by atoms with van der Waals surface area (Å²) in [4.78, 5) is 0. The molecule has 0 N–H and O–H groups in total. The van der Waals surface area contributed by atoms with Crippen molar-refractivity contribution < 1.29 is 25.5 Å². The van der Waals surface area contributed by atoms with Gasteiger partial charge in [0, 0.05) is 0 Å². The average molecular weight is 207 g/mol. The van der Waals surface area contributed by atoms with E-state index in [1.807, 2.05) is 0 Å². The van der Waals surface area contributed by atoms with E-state index < -0.39 is 24.7 Å². The molecular formula is C3H6F3O3SSi. The van der Waals surface area contributed by atoms with Gasteiger partial charge < -0.3 is 3.87 Å². The van der Waals surface area contributed by atoms with Crippen LogP contribution in [0.3, 0.4) is 0 Å². The maximum Gasteiger partial charge on any atom is 0.522 e. The lowest BCUT2D eigenvalue weighted by molar-refractivity contribution is -0.0501. The van der Waals surface area contributed by atoms with Gasteiger partial charge in [0.25, 0.3) is 0 Å². The van der Waals surface area contributed by atoms with Crippen molar-refractivity contribution in [1.29, 1.82) is 0 Å². The molecule has 0 heterocycles. The summed E-state index contributed by atoms with van der Waals surface area (Å²) in [6, 6.07) is 0. The predicted molar refractivity (Wildman–Crippen MR) is 33.5 cm³/mol. The molecule has 0 bridgehead atoms. The molecule has 0 amide bonds. The fourth-order valence-electron chi connectivity index (χ4n) is 0.267. The maximum atomic E-state index is 11.5. The Morgan fingerprint density at radius 1 is 1.27 bits per heavy atom. The lowest BCUT2D eigenvalue weighted by Crippen LogP contribution is -2.29. The van der Waals surface area contributed by atoms with Gasteiger partial charge in [0.05, 0.1) is 0 Å². The highest BCUT2D eigenvalue weighted by molar-refractivity contribution is 7.88. The summed E-state index contributed by atoms with van der Waals surface area (Å²) in [5.74, 6) is 0. The molecule has 0 aliphatic carbocycles. The number of halogens is 3. The Kier molecular flexibility index (Phi) is 3.09. The Hall–Kier alpha value is -0.0831. The predicted octanol–water partition coefficient (Wildman–Crippen LogP) is 1.10. The second-order valence-corrected chi connectivity index (χ2v) is 5.75. The van der Waals surface area contributed by atoms with E-state index >= 15 is 0 Å². The minimum atomic E-state index is -5.35. The first-order valence-corrected chi connectivity index (χ1v) is 6.29. The number of hydrogen-bond donors (Lipinski definition) is 0. The van der Waals surface area contributed by atoms with Crippen LogP contribution in [0.5, 0.6) is 0 Å². The summed E-state index contributed by atoms with van der Waals surface area (Å²) in [5.41, 5.74) is -5.30. The molecule has 11 heavy (non-hydrogen) atoms. The standard InChI is InChI=1S/C3H6F3O3SSi/c1-11(2)9-10(7,8)3(4,5)6/h1-2H3. The summed E-state index contributed by atoms with van der Waals surface area (Å²) in [6.07, 6.45) is 0. The fraction of sp³-hybridized carbons (Fsp3) is 1.00. The van der Waals surface area contributed by atoms with Crippen LogP contribution in [-0.2, 0) is 14.0 Å². The Balaban J connectivity index is 4.51. The molecule has 8 heteroatoms. The van der Waals surface area contributed by atoms with Gasteiger partial charge in [0.1, 0.15) is 0 Å². The fourth-order valence-corrected chi connectivity index (χ4v) is 2.40. The molecule has 3 nitrogen and oxygen atoms in total. The lowest BCUT2D eigenvalue weighted by atomic mass is 11.6. The zero-order chi connectivity index (χ0) is 9.28. The quantitative estimate of drug-likeness (QED) is 0.503. The second-order valence-electron chi connectivity index (χ2n) is 1.89. The van der Waals surface area contributed by atoms with Crippen LogP contribution >= 0.6 is 0 Å². The summed E-state index contributed by atoms with van der Waals surface area (Å²) in [5, 5.41) is 0. The minimum absolute atomic E-state index is 1.30. The third-order valence-corrected chi connectivity index (χ3v) is 3.34. The van der Waals surface area contributed by atoms with Gasteiger partial charge in [-0.25, -0.2) is 0 Å². The summed E-state index contributed by atoms with van der Waals surface area (Å²) >= 11 is 0. The summed E-state index contributed by atoms with van der Waals surface area (Å²) in [7, 11) is -7.23. The van der Waals surface area contributed by atoms with Crippen molar-refractivity contribution in [3.63, 3.8) is 0 Å². The normalized spacial score (nSPS) is 14.0. The van der Waals surface area contributed by atoms with E-state index in [2.05, 4.69) is 3.87 Å². The van der Waals surface area contributed by atoms with Crippen LogP contribution in [0.1, 0.15) is 0 Å². The van der Waals surface area contributed by atoms with E-state index in [1.54, 1.807) is 0 Å². The van der Waals surface area contributed by atoms with Gasteiger partial charge >= 0.3 is 15.6 Å². The molecule has 0 aromatic heterocycles. The van der Waals surface area contributed by atoms with E-state index in [1.165, 1.54) is 13.1 Å². The highest BCUT2D eigenvalue weighted by Crippen LogP contribution is 2.24. The van der Waals surface area contributed by atoms with E-state index in [-0.39, 0.29) is 0 Å². The first kappa shape index (κ1) is 10.9. The molecule has 0 aliphatic heterocycles. The monoisotopic (exact) mass is 207 g/mol. The van der Waals surface area contributed by atoms with Gasteiger partial charge in [-0.3, -0.25) is 0 Å². The van der Waals surface area contributed by atoms with Gasteiger partial charge in [0.2, 0.25) is 9.04 Å². The van der Waals surface area contributed by atoms with Crippen molar-refractivity contribution in [2.45, 2.75) is 18.6 Å². The second kappa shape index (κ2) is 3.11. The molecule has 67 valence electrons. The van der Waals surface area contributed by atoms with E-state index in [0.29, 0.717) is 0 Å². The molecule has 1 radical (unpaired) electrons. The highest BCUT2D eigenvalue weighted by atomic mass is 32.2. The average Bonchev–Trinajstić information content (AvgIpc) is 1.56. The number of hydrogen-bond acceptors (Lipinski definition) is 3. The minimum Gasteiger partial charge on any atom is -0.309 e. The van der Waals surface area contributed by atoms with Crippen LogP contribution in [0, 0.1) is 0 Å². The van der Waals surface area contributed by atoms with Gasteiger partial charge in [0.15, 0.2) is 0 Å². The molecule has 0 unspecified atom stereocenters. The Labute approximate surface area is 64.0 Å². The Bertz CT molecular complexity index is 218. The molecule has 0 saturated carbocycles. The van der Waals surface area contributed by atoms with Crippen LogP contribution in [0.15, 0.2) is 0 Å². The first-order chi connectivity index (χ1) is 4.67. The Morgan fingerprint density at radius 2 is 1.64 bits per heavy atom. The molecule has 0 saturated heterocycles. The van der Waals surface area contributed by atoms with Crippen molar-refractivity contribution in [2.24, 2.45) is 0 Å². The van der Waals surface area contributed by atoms with E-state index in [4.69, 9.17) is 0 Å². The van der Waals surface area contributed by atoms with Crippen LogP contribution < -0.4 is 0 Å². The molecule has 0 aromatic rings. The van der Waals surface area contributed by atoms with Crippen molar-refractivity contribution in [3.05, 3.63) is 0 Å². The van der Waals surface area contributed by atoms with Crippen LogP contribution in [-0.4, -0.2) is 23.0 Å². The summed E-state index contributed by atoms with van der Waals surface area (Å²) in [6.45, 7) is 2.60. The highest BCUT2D eigenvalue weighted by Gasteiger charge is 2.47. The molecule has 0 aromatic carbocycles. The third-order valence-electron chi connectivity index (χ3n) is 0.560. The zero-order valence-corrected chi connectivity index (χ0v) is 7.58. The molecular weight excluding hydrogens is 201 g/mol. The number of alkyl halides is 3. The summed E-state index contributed by atoms with van der Waals surface area (Å²) < 4.78 is 58.5. The van der Waals surface area contributed by atoms with Crippen LogP contribution in [0.25, 0.3) is 0 Å². The van der Waals surface area contributed by atoms with Gasteiger partial charge in [-0.05, 0) is 13.1 Å². The first-order valence-electron chi connectivity index (χ1n) is 2.48. The molecule has 0 fully saturated rings. The smallest absolute Gasteiger partial charge is 0.309 e. The van der Waals surface area contributed by atoms with E-state index in [9.17, 15) is 21.6 Å². The zero-order valence-electron chi connectivity index (χ0n) is 5.77. The third kappa shape index (κ3) is 3.21. The van der Waals surface area contributed by atoms with Gasteiger partial charge in [-0.2, -0.15) is 21.6 Å². The van der Waals surface area contributed by atoms with Gasteiger partial charge in [-0.1, -0.05) is 0 Å². The SMILES string of the molecule is C[Si](C)OS(=O)(=O)C(F)(F)F. The topological polar surface area (TPSA) is 43.4 Å². The molecule has 0 atom stereocenters. The van der Waals surface area contributed by atoms with Crippen molar-refractivity contribution in [2.75, 3.05) is 0 Å². The maximum absolute atomic E-state index is 11.5. The lowest BCUT2D eigenvalue weighted by Gasteiger charge is -2.09. The Morgan fingerprint density at radius 3 is 1.73 bits per heavy atom. The van der Waals surface area contributed by atoms with Gasteiger partial charge in [-0.15, -0.1) is 0 Å².